The summed E-state index contributed by atoms with van der Waals surface area (Å²) in [5.74, 6) is -0.221. The molecule has 18 heavy (non-hydrogen) atoms. The quantitative estimate of drug-likeness (QED) is 0.441. The standard InChI is InChI=1S/C15H22O3/c1-15(2)8-11(16)13(12(17)9-15)14(18)10-6-4-3-5-7-10/h10,18H,3-9H2,1-2H3. The van der Waals surface area contributed by atoms with Crippen LogP contribution in [0, 0.1) is 11.3 Å². The van der Waals surface area contributed by atoms with Crippen molar-refractivity contribution >= 4 is 11.6 Å². The lowest BCUT2D eigenvalue weighted by Gasteiger charge is -2.30. The maximum absolute atomic E-state index is 12.1. The van der Waals surface area contributed by atoms with Crippen molar-refractivity contribution < 1.29 is 14.7 Å². The summed E-state index contributed by atoms with van der Waals surface area (Å²) in [5, 5.41) is 10.2. The fraction of sp³-hybridized carbons (Fsp3) is 0.733. The van der Waals surface area contributed by atoms with Crippen molar-refractivity contribution in [2.75, 3.05) is 0 Å². The molecular weight excluding hydrogens is 228 g/mol. The molecule has 0 saturated heterocycles. The van der Waals surface area contributed by atoms with Crippen LogP contribution in [-0.4, -0.2) is 16.7 Å². The molecule has 0 heterocycles. The van der Waals surface area contributed by atoms with Gasteiger partial charge in [0.25, 0.3) is 0 Å². The summed E-state index contributed by atoms with van der Waals surface area (Å²) >= 11 is 0. The lowest BCUT2D eigenvalue weighted by atomic mass is 9.72. The predicted octanol–water partition coefficient (Wildman–Crippen LogP) is 3.34. The smallest absolute Gasteiger partial charge is 0.170 e. The van der Waals surface area contributed by atoms with Crippen molar-refractivity contribution in [3.8, 4) is 0 Å². The van der Waals surface area contributed by atoms with Crippen molar-refractivity contribution in [3.05, 3.63) is 11.3 Å². The molecule has 0 aromatic rings. The minimum Gasteiger partial charge on any atom is -0.511 e. The second kappa shape index (κ2) is 4.87. The van der Waals surface area contributed by atoms with E-state index < -0.39 is 0 Å². The molecule has 3 nitrogen and oxygen atoms in total. The molecule has 0 unspecified atom stereocenters. The third-order valence-corrected chi connectivity index (χ3v) is 4.08. The largest absolute Gasteiger partial charge is 0.511 e. The van der Waals surface area contributed by atoms with Crippen LogP contribution in [0.15, 0.2) is 11.3 Å². The van der Waals surface area contributed by atoms with Crippen LogP contribution in [0.2, 0.25) is 0 Å². The molecule has 0 aromatic carbocycles. The third-order valence-electron chi connectivity index (χ3n) is 4.08. The minimum absolute atomic E-state index is 0.0304. The van der Waals surface area contributed by atoms with E-state index in [1.807, 2.05) is 13.8 Å². The first kappa shape index (κ1) is 13.3. The molecule has 1 N–H and O–H groups in total. The van der Waals surface area contributed by atoms with E-state index in [0.29, 0.717) is 12.8 Å². The Labute approximate surface area is 108 Å². The van der Waals surface area contributed by atoms with E-state index in [0.717, 1.165) is 25.7 Å². The van der Waals surface area contributed by atoms with Crippen LogP contribution in [0.5, 0.6) is 0 Å². The molecule has 0 amide bonds. The molecule has 0 spiro atoms. The number of hydrogen-bond donors (Lipinski definition) is 1. The van der Waals surface area contributed by atoms with Crippen LogP contribution in [0.4, 0.5) is 0 Å². The Kier molecular flexibility index (Phi) is 3.60. The van der Waals surface area contributed by atoms with Gasteiger partial charge in [0.15, 0.2) is 11.6 Å². The predicted molar refractivity (Wildman–Crippen MR) is 69.3 cm³/mol. The Morgan fingerprint density at radius 2 is 1.56 bits per heavy atom. The van der Waals surface area contributed by atoms with E-state index in [9.17, 15) is 14.7 Å². The number of aliphatic hydroxyl groups is 1. The van der Waals surface area contributed by atoms with Gasteiger partial charge in [0.05, 0.1) is 5.57 Å². The molecule has 0 aliphatic heterocycles. The topological polar surface area (TPSA) is 54.4 Å². The molecule has 0 radical (unpaired) electrons. The number of hydrogen-bond acceptors (Lipinski definition) is 3. The van der Waals surface area contributed by atoms with Crippen molar-refractivity contribution in [2.24, 2.45) is 11.3 Å². The highest BCUT2D eigenvalue weighted by molar-refractivity contribution is 6.22. The van der Waals surface area contributed by atoms with E-state index in [-0.39, 0.29) is 34.2 Å². The number of rotatable bonds is 1. The van der Waals surface area contributed by atoms with Crippen LogP contribution in [0.1, 0.15) is 58.8 Å². The molecular formula is C15H22O3. The summed E-state index contributed by atoms with van der Waals surface area (Å²) in [6.45, 7) is 3.86. The van der Waals surface area contributed by atoms with Gasteiger partial charge in [0.2, 0.25) is 0 Å². The molecule has 2 saturated carbocycles. The normalized spacial score (nSPS) is 25.3. The van der Waals surface area contributed by atoms with E-state index >= 15 is 0 Å². The van der Waals surface area contributed by atoms with Gasteiger partial charge in [-0.1, -0.05) is 33.1 Å². The summed E-state index contributed by atoms with van der Waals surface area (Å²) in [6, 6.07) is 0. The first-order valence-corrected chi connectivity index (χ1v) is 6.90. The van der Waals surface area contributed by atoms with Crippen LogP contribution < -0.4 is 0 Å². The number of carbonyl (C=O) groups excluding carboxylic acids is 2. The van der Waals surface area contributed by atoms with Crippen molar-refractivity contribution in [1.29, 1.82) is 0 Å². The van der Waals surface area contributed by atoms with Gasteiger partial charge in [-0.2, -0.15) is 0 Å². The van der Waals surface area contributed by atoms with E-state index in [2.05, 4.69) is 0 Å². The Hall–Kier alpha value is -1.12. The molecule has 2 aliphatic carbocycles. The number of allylic oxidation sites excluding steroid dienone is 2. The van der Waals surface area contributed by atoms with Crippen LogP contribution in [0.25, 0.3) is 0 Å². The van der Waals surface area contributed by atoms with Gasteiger partial charge < -0.3 is 5.11 Å². The van der Waals surface area contributed by atoms with E-state index in [1.54, 1.807) is 0 Å². The van der Waals surface area contributed by atoms with Crippen LogP contribution >= 0.6 is 0 Å². The van der Waals surface area contributed by atoms with Gasteiger partial charge in [-0.25, -0.2) is 0 Å². The molecule has 3 heteroatoms. The summed E-state index contributed by atoms with van der Waals surface area (Å²) in [6.07, 6.45) is 5.88. The van der Waals surface area contributed by atoms with Gasteiger partial charge in [0, 0.05) is 18.8 Å². The van der Waals surface area contributed by atoms with Gasteiger partial charge in [-0.05, 0) is 18.3 Å². The lowest BCUT2D eigenvalue weighted by Crippen LogP contribution is -2.33. The summed E-state index contributed by atoms with van der Waals surface area (Å²) in [4.78, 5) is 24.1. The molecule has 100 valence electrons. The fourth-order valence-corrected chi connectivity index (χ4v) is 3.13. The third kappa shape index (κ3) is 2.65. The van der Waals surface area contributed by atoms with Crippen molar-refractivity contribution in [2.45, 2.75) is 58.8 Å². The molecule has 2 aliphatic rings. The van der Waals surface area contributed by atoms with Crippen LogP contribution in [0.3, 0.4) is 0 Å². The average molecular weight is 250 g/mol. The molecule has 0 bridgehead atoms. The SMILES string of the molecule is CC1(C)CC(=O)C(=C(O)C2CCCCC2)C(=O)C1. The average Bonchev–Trinajstić information content (AvgIpc) is 2.27. The number of Topliss-reactive ketones (excluding diaryl/α,β-unsaturated/α-hetero) is 2. The van der Waals surface area contributed by atoms with Crippen molar-refractivity contribution in [3.63, 3.8) is 0 Å². The van der Waals surface area contributed by atoms with Crippen LogP contribution in [-0.2, 0) is 9.59 Å². The highest BCUT2D eigenvalue weighted by Crippen LogP contribution is 2.37. The van der Waals surface area contributed by atoms with Crippen molar-refractivity contribution in [1.82, 2.24) is 0 Å². The molecule has 0 atom stereocenters. The van der Waals surface area contributed by atoms with E-state index in [4.69, 9.17) is 0 Å². The minimum atomic E-state index is -0.259. The molecule has 2 rings (SSSR count). The zero-order chi connectivity index (χ0) is 13.3. The fourth-order valence-electron chi connectivity index (χ4n) is 3.13. The second-order valence-corrected chi connectivity index (χ2v) is 6.46. The summed E-state index contributed by atoms with van der Waals surface area (Å²) in [7, 11) is 0. The summed E-state index contributed by atoms with van der Waals surface area (Å²) in [5.41, 5.74) is -0.147. The maximum Gasteiger partial charge on any atom is 0.170 e. The zero-order valence-corrected chi connectivity index (χ0v) is 11.3. The van der Waals surface area contributed by atoms with Gasteiger partial charge in [-0.15, -0.1) is 0 Å². The Bertz CT molecular complexity index is 376. The number of aliphatic hydroxyl groups excluding tert-OH is 1. The van der Waals surface area contributed by atoms with E-state index in [1.165, 1.54) is 6.42 Å². The van der Waals surface area contributed by atoms with Gasteiger partial charge in [-0.3, -0.25) is 9.59 Å². The first-order chi connectivity index (χ1) is 8.41. The summed E-state index contributed by atoms with van der Waals surface area (Å²) < 4.78 is 0. The highest BCUT2D eigenvalue weighted by Gasteiger charge is 2.38. The van der Waals surface area contributed by atoms with Gasteiger partial charge in [0.1, 0.15) is 5.76 Å². The Morgan fingerprint density at radius 3 is 2.06 bits per heavy atom. The lowest BCUT2D eigenvalue weighted by molar-refractivity contribution is -0.127. The number of ketones is 2. The molecule has 2 fully saturated rings. The molecule has 0 aromatic heterocycles. The maximum atomic E-state index is 12.1. The first-order valence-electron chi connectivity index (χ1n) is 6.90. The monoisotopic (exact) mass is 250 g/mol. The highest BCUT2D eigenvalue weighted by atomic mass is 16.3. The zero-order valence-electron chi connectivity index (χ0n) is 11.3. The Morgan fingerprint density at radius 1 is 1.06 bits per heavy atom. The Balaban J connectivity index is 2.25. The van der Waals surface area contributed by atoms with Gasteiger partial charge >= 0.3 is 0 Å². The second-order valence-electron chi connectivity index (χ2n) is 6.46. The number of carbonyl (C=O) groups is 2.